The van der Waals surface area contributed by atoms with Crippen LogP contribution in [0.15, 0.2) is 0 Å². The van der Waals surface area contributed by atoms with Gasteiger partial charge in [0.1, 0.15) is 0 Å². The number of carbonyl (C=O) groups is 1. The number of aliphatic hydroxyl groups excluding tert-OH is 1. The van der Waals surface area contributed by atoms with Crippen molar-refractivity contribution < 1.29 is 9.90 Å². The Morgan fingerprint density at radius 3 is 2.50 bits per heavy atom. The number of nitrogens with one attached hydrogen (secondary N) is 1. The Labute approximate surface area is 60.4 Å². The Balaban J connectivity index is 2.20. The van der Waals surface area contributed by atoms with Crippen molar-refractivity contribution in [2.24, 2.45) is 5.92 Å². The van der Waals surface area contributed by atoms with Crippen LogP contribution in [0.2, 0.25) is 0 Å². The fraction of sp³-hybridized carbons (Fsp3) is 0.857. The van der Waals surface area contributed by atoms with Crippen molar-refractivity contribution in [3.05, 3.63) is 0 Å². The molecule has 0 aromatic carbocycles. The van der Waals surface area contributed by atoms with E-state index in [-0.39, 0.29) is 24.0 Å². The third-order valence-corrected chi connectivity index (χ3v) is 1.61. The number of hydrogen-bond acceptors (Lipinski definition) is 2. The second kappa shape index (κ2) is 2.58. The lowest BCUT2D eigenvalue weighted by atomic mass is 10.2. The minimum absolute atomic E-state index is 0.0211. The van der Waals surface area contributed by atoms with Crippen LogP contribution in [0.5, 0.6) is 0 Å². The number of aliphatic hydroxyl groups is 1. The second-order valence-corrected chi connectivity index (χ2v) is 3.07. The maximum absolute atomic E-state index is 10.9. The van der Waals surface area contributed by atoms with Gasteiger partial charge in [-0.15, -0.1) is 0 Å². The smallest absolute Gasteiger partial charge is 0.222 e. The molecule has 58 valence electrons. The van der Waals surface area contributed by atoms with Crippen molar-refractivity contribution in [3.63, 3.8) is 0 Å². The molecule has 1 aliphatic carbocycles. The van der Waals surface area contributed by atoms with Crippen LogP contribution in [-0.2, 0) is 4.79 Å². The molecular weight excluding hydrogens is 130 g/mol. The molecule has 1 saturated carbocycles. The summed E-state index contributed by atoms with van der Waals surface area (Å²) in [5, 5.41) is 11.6. The summed E-state index contributed by atoms with van der Waals surface area (Å²) in [6.45, 7) is 3.67. The fourth-order valence-electron chi connectivity index (χ4n) is 0.686. The highest BCUT2D eigenvalue weighted by atomic mass is 16.3. The molecule has 0 aliphatic heterocycles. The Hall–Kier alpha value is -0.570. The van der Waals surface area contributed by atoms with E-state index in [4.69, 9.17) is 5.11 Å². The summed E-state index contributed by atoms with van der Waals surface area (Å²) in [4.78, 5) is 10.9. The minimum atomic E-state index is -0.289. The molecule has 0 aromatic heterocycles. The first-order valence-electron chi connectivity index (χ1n) is 3.59. The van der Waals surface area contributed by atoms with Gasteiger partial charge in [-0.3, -0.25) is 4.79 Å². The topological polar surface area (TPSA) is 49.3 Å². The summed E-state index contributed by atoms with van der Waals surface area (Å²) in [5.41, 5.74) is 0. The first-order chi connectivity index (χ1) is 4.61. The highest BCUT2D eigenvalue weighted by Gasteiger charge is 2.36. The molecule has 0 aromatic rings. The predicted octanol–water partition coefficient (Wildman–Crippen LogP) is -0.108. The van der Waals surface area contributed by atoms with Crippen LogP contribution in [0.1, 0.15) is 20.3 Å². The molecule has 2 N–H and O–H groups in total. The molecule has 1 fully saturated rings. The van der Waals surface area contributed by atoms with Crippen LogP contribution in [0, 0.1) is 5.92 Å². The van der Waals surface area contributed by atoms with Gasteiger partial charge in [-0.05, 0) is 6.42 Å². The third-order valence-electron chi connectivity index (χ3n) is 1.61. The maximum atomic E-state index is 10.9. The molecule has 1 rings (SSSR count). The van der Waals surface area contributed by atoms with E-state index in [2.05, 4.69) is 5.32 Å². The third kappa shape index (κ3) is 1.70. The first kappa shape index (κ1) is 7.54. The molecule has 0 bridgehead atoms. The van der Waals surface area contributed by atoms with Crippen molar-refractivity contribution in [2.45, 2.75) is 32.4 Å². The summed E-state index contributed by atoms with van der Waals surface area (Å²) in [7, 11) is 0. The van der Waals surface area contributed by atoms with Gasteiger partial charge < -0.3 is 10.4 Å². The SMILES string of the molecule is CC(C)C(=O)N[C@@H]1C[C@H]1O. The lowest BCUT2D eigenvalue weighted by Gasteiger charge is -2.04. The van der Waals surface area contributed by atoms with Crippen molar-refractivity contribution in [2.75, 3.05) is 0 Å². The highest BCUT2D eigenvalue weighted by Crippen LogP contribution is 2.20. The minimum Gasteiger partial charge on any atom is -0.391 e. The summed E-state index contributed by atoms with van der Waals surface area (Å²) >= 11 is 0. The van der Waals surface area contributed by atoms with Crippen LogP contribution in [0.3, 0.4) is 0 Å². The normalized spacial score (nSPS) is 30.4. The lowest BCUT2D eigenvalue weighted by molar-refractivity contribution is -0.124. The number of carbonyl (C=O) groups excluding carboxylic acids is 1. The van der Waals surface area contributed by atoms with E-state index in [1.54, 1.807) is 0 Å². The molecule has 0 heterocycles. The highest BCUT2D eigenvalue weighted by molar-refractivity contribution is 5.78. The van der Waals surface area contributed by atoms with Gasteiger partial charge in [0.05, 0.1) is 12.1 Å². The summed E-state index contributed by atoms with van der Waals surface area (Å²) < 4.78 is 0. The van der Waals surface area contributed by atoms with Crippen LogP contribution in [0.25, 0.3) is 0 Å². The van der Waals surface area contributed by atoms with E-state index in [0.717, 1.165) is 6.42 Å². The van der Waals surface area contributed by atoms with Gasteiger partial charge in [0.25, 0.3) is 0 Å². The zero-order valence-electron chi connectivity index (χ0n) is 6.29. The van der Waals surface area contributed by atoms with E-state index in [9.17, 15) is 4.79 Å². The molecule has 1 amide bonds. The standard InChI is InChI=1S/C7H13NO2/c1-4(2)7(10)8-5-3-6(5)9/h4-6,9H,3H2,1-2H3,(H,8,10)/t5-,6-/m1/s1. The zero-order chi connectivity index (χ0) is 7.72. The van der Waals surface area contributed by atoms with Gasteiger partial charge in [0, 0.05) is 5.92 Å². The van der Waals surface area contributed by atoms with Gasteiger partial charge in [-0.1, -0.05) is 13.8 Å². The molecule has 0 radical (unpaired) electrons. The predicted molar refractivity (Wildman–Crippen MR) is 37.4 cm³/mol. The molecule has 0 spiro atoms. The Morgan fingerprint density at radius 2 is 2.20 bits per heavy atom. The van der Waals surface area contributed by atoms with E-state index >= 15 is 0 Å². The number of hydrogen-bond donors (Lipinski definition) is 2. The van der Waals surface area contributed by atoms with E-state index in [1.807, 2.05) is 13.8 Å². The van der Waals surface area contributed by atoms with E-state index < -0.39 is 0 Å². The van der Waals surface area contributed by atoms with E-state index in [0.29, 0.717) is 0 Å². The van der Waals surface area contributed by atoms with Crippen molar-refractivity contribution in [3.8, 4) is 0 Å². The number of rotatable bonds is 2. The molecule has 3 nitrogen and oxygen atoms in total. The van der Waals surface area contributed by atoms with Crippen LogP contribution in [-0.4, -0.2) is 23.2 Å². The van der Waals surface area contributed by atoms with Gasteiger partial charge in [-0.25, -0.2) is 0 Å². The molecule has 0 saturated heterocycles. The first-order valence-corrected chi connectivity index (χ1v) is 3.59. The second-order valence-electron chi connectivity index (χ2n) is 3.07. The Bertz CT molecular complexity index is 145. The zero-order valence-corrected chi connectivity index (χ0v) is 6.29. The average Bonchev–Trinajstić information content (AvgIpc) is 2.46. The number of amides is 1. The van der Waals surface area contributed by atoms with Crippen molar-refractivity contribution >= 4 is 5.91 Å². The lowest BCUT2D eigenvalue weighted by Crippen LogP contribution is -2.31. The van der Waals surface area contributed by atoms with Gasteiger partial charge in [-0.2, -0.15) is 0 Å². The van der Waals surface area contributed by atoms with Gasteiger partial charge >= 0.3 is 0 Å². The quantitative estimate of drug-likeness (QED) is 0.566. The fourth-order valence-corrected chi connectivity index (χ4v) is 0.686. The van der Waals surface area contributed by atoms with Crippen LogP contribution in [0.4, 0.5) is 0 Å². The average molecular weight is 143 g/mol. The van der Waals surface area contributed by atoms with Gasteiger partial charge in [0.15, 0.2) is 0 Å². The van der Waals surface area contributed by atoms with Crippen molar-refractivity contribution in [1.29, 1.82) is 0 Å². The molecule has 0 unspecified atom stereocenters. The molecule has 3 heteroatoms. The Morgan fingerprint density at radius 1 is 1.70 bits per heavy atom. The van der Waals surface area contributed by atoms with Crippen LogP contribution < -0.4 is 5.32 Å². The molecule has 1 aliphatic rings. The molecular formula is C7H13NO2. The summed E-state index contributed by atoms with van der Waals surface area (Å²) in [6, 6.07) is 0.0369. The summed E-state index contributed by atoms with van der Waals surface area (Å²) in [5.74, 6) is 0.0503. The van der Waals surface area contributed by atoms with Gasteiger partial charge in [0.2, 0.25) is 5.91 Å². The van der Waals surface area contributed by atoms with Crippen LogP contribution >= 0.6 is 0 Å². The summed E-state index contributed by atoms with van der Waals surface area (Å²) in [6.07, 6.45) is 0.432. The van der Waals surface area contributed by atoms with E-state index in [1.165, 1.54) is 0 Å². The molecule has 2 atom stereocenters. The monoisotopic (exact) mass is 143 g/mol. The largest absolute Gasteiger partial charge is 0.391 e. The molecule has 10 heavy (non-hydrogen) atoms. The van der Waals surface area contributed by atoms with Crippen molar-refractivity contribution in [1.82, 2.24) is 5.32 Å². The Kier molecular flexibility index (Phi) is 1.94. The maximum Gasteiger partial charge on any atom is 0.222 e.